The third-order valence-electron chi connectivity index (χ3n) is 4.59. The summed E-state index contributed by atoms with van der Waals surface area (Å²) in [5.41, 5.74) is -0.0465. The standard InChI is InChI=1S/C20H15Cl2N3O3/c1-12(26)25-19(28)24(17-8-15(21)7-16(22)9-17)18(27)20(25,2)10-13-3-5-14(11-23)6-4-13/h3-9H,10H2,1-2H3. The predicted molar refractivity (Wildman–Crippen MR) is 105 cm³/mol. The molecule has 0 spiro atoms. The Hall–Kier alpha value is -2.88. The average Bonchev–Trinajstić information content (AvgIpc) is 2.80. The second-order valence-corrected chi connectivity index (χ2v) is 7.54. The fraction of sp³-hybridized carbons (Fsp3) is 0.200. The Bertz CT molecular complexity index is 1010. The number of rotatable bonds is 3. The van der Waals surface area contributed by atoms with Crippen molar-refractivity contribution < 1.29 is 14.4 Å². The van der Waals surface area contributed by atoms with Crippen molar-refractivity contribution in [1.82, 2.24) is 4.90 Å². The van der Waals surface area contributed by atoms with E-state index in [1.165, 1.54) is 25.1 Å². The number of benzene rings is 2. The molecule has 2 aromatic carbocycles. The molecule has 8 heteroatoms. The maximum absolute atomic E-state index is 13.3. The molecule has 0 saturated carbocycles. The second kappa shape index (κ2) is 7.27. The number of imide groups is 2. The highest BCUT2D eigenvalue weighted by atomic mass is 35.5. The third-order valence-corrected chi connectivity index (χ3v) is 5.03. The fourth-order valence-electron chi connectivity index (χ4n) is 3.36. The first kappa shape index (κ1) is 19.9. The molecule has 0 aromatic heterocycles. The Morgan fingerprint density at radius 2 is 1.68 bits per heavy atom. The quantitative estimate of drug-likeness (QED) is 0.703. The molecule has 142 valence electrons. The zero-order valence-corrected chi connectivity index (χ0v) is 16.6. The van der Waals surface area contributed by atoms with E-state index in [1.807, 2.05) is 6.07 Å². The van der Waals surface area contributed by atoms with Crippen LogP contribution in [0.4, 0.5) is 10.5 Å². The Balaban J connectivity index is 2.05. The van der Waals surface area contributed by atoms with Crippen LogP contribution in [-0.4, -0.2) is 28.3 Å². The van der Waals surface area contributed by atoms with Gasteiger partial charge in [0.25, 0.3) is 5.91 Å². The summed E-state index contributed by atoms with van der Waals surface area (Å²) in [6.07, 6.45) is 0.105. The summed E-state index contributed by atoms with van der Waals surface area (Å²) < 4.78 is 0. The SMILES string of the molecule is CC(=O)N1C(=O)N(c2cc(Cl)cc(Cl)c2)C(=O)C1(C)Cc1ccc(C#N)cc1. The highest BCUT2D eigenvalue weighted by Gasteiger charge is 2.56. The highest BCUT2D eigenvalue weighted by molar-refractivity contribution is 6.36. The second-order valence-electron chi connectivity index (χ2n) is 6.66. The lowest BCUT2D eigenvalue weighted by molar-refractivity contribution is -0.135. The maximum Gasteiger partial charge on any atom is 0.339 e. The van der Waals surface area contributed by atoms with Gasteiger partial charge in [-0.3, -0.25) is 9.59 Å². The normalized spacial score (nSPS) is 19.1. The van der Waals surface area contributed by atoms with Crippen LogP contribution in [0.2, 0.25) is 10.0 Å². The lowest BCUT2D eigenvalue weighted by atomic mass is 9.90. The molecular formula is C20H15Cl2N3O3. The van der Waals surface area contributed by atoms with E-state index in [-0.39, 0.29) is 22.2 Å². The number of urea groups is 1. The van der Waals surface area contributed by atoms with Crippen molar-refractivity contribution in [2.45, 2.75) is 25.8 Å². The number of hydrogen-bond donors (Lipinski definition) is 0. The topological polar surface area (TPSA) is 81.5 Å². The smallest absolute Gasteiger partial charge is 0.275 e. The Kier molecular flexibility index (Phi) is 5.16. The van der Waals surface area contributed by atoms with Crippen LogP contribution >= 0.6 is 23.2 Å². The molecule has 1 saturated heterocycles. The minimum Gasteiger partial charge on any atom is -0.275 e. The van der Waals surface area contributed by atoms with Gasteiger partial charge >= 0.3 is 6.03 Å². The molecule has 2 aromatic rings. The van der Waals surface area contributed by atoms with Gasteiger partial charge in [0.1, 0.15) is 5.54 Å². The van der Waals surface area contributed by atoms with Gasteiger partial charge in [-0.05, 0) is 42.8 Å². The van der Waals surface area contributed by atoms with Gasteiger partial charge in [0, 0.05) is 23.4 Å². The van der Waals surface area contributed by atoms with Gasteiger partial charge in [0.15, 0.2) is 0 Å². The van der Waals surface area contributed by atoms with Gasteiger partial charge in [0.2, 0.25) is 5.91 Å². The van der Waals surface area contributed by atoms with Crippen molar-refractivity contribution in [3.05, 3.63) is 63.6 Å². The van der Waals surface area contributed by atoms with E-state index in [9.17, 15) is 14.4 Å². The molecule has 1 atom stereocenters. The van der Waals surface area contributed by atoms with E-state index in [1.54, 1.807) is 31.2 Å². The van der Waals surface area contributed by atoms with Crippen LogP contribution < -0.4 is 4.90 Å². The van der Waals surface area contributed by atoms with E-state index in [4.69, 9.17) is 28.5 Å². The number of nitriles is 1. The van der Waals surface area contributed by atoms with Crippen LogP contribution in [0.1, 0.15) is 25.0 Å². The van der Waals surface area contributed by atoms with E-state index in [0.717, 1.165) is 9.80 Å². The molecule has 0 aliphatic carbocycles. The molecule has 6 nitrogen and oxygen atoms in total. The number of carbonyl (C=O) groups excluding carboxylic acids is 3. The first-order valence-corrected chi connectivity index (χ1v) is 9.07. The number of carbonyl (C=O) groups is 3. The summed E-state index contributed by atoms with van der Waals surface area (Å²) in [7, 11) is 0. The number of nitrogens with zero attached hydrogens (tertiary/aromatic N) is 3. The van der Waals surface area contributed by atoms with Crippen LogP contribution in [0.15, 0.2) is 42.5 Å². The van der Waals surface area contributed by atoms with Crippen LogP contribution in [0.5, 0.6) is 0 Å². The van der Waals surface area contributed by atoms with Crippen molar-refractivity contribution in [2.75, 3.05) is 4.90 Å². The largest absolute Gasteiger partial charge is 0.339 e. The molecular weight excluding hydrogens is 401 g/mol. The third kappa shape index (κ3) is 3.35. The molecule has 4 amide bonds. The van der Waals surface area contributed by atoms with E-state index in [2.05, 4.69) is 0 Å². The summed E-state index contributed by atoms with van der Waals surface area (Å²) in [6.45, 7) is 2.77. The monoisotopic (exact) mass is 415 g/mol. The molecule has 1 aliphatic rings. The predicted octanol–water partition coefficient (Wildman–Crippen LogP) is 4.18. The number of hydrogen-bond acceptors (Lipinski definition) is 4. The van der Waals surface area contributed by atoms with Crippen molar-refractivity contribution in [3.63, 3.8) is 0 Å². The fourth-order valence-corrected chi connectivity index (χ4v) is 3.88. The summed E-state index contributed by atoms with van der Waals surface area (Å²) in [5.74, 6) is -1.11. The van der Waals surface area contributed by atoms with Crippen LogP contribution in [0.3, 0.4) is 0 Å². The molecule has 1 heterocycles. The van der Waals surface area contributed by atoms with Crippen LogP contribution in [0.25, 0.3) is 0 Å². The first-order valence-electron chi connectivity index (χ1n) is 8.32. The number of halogens is 2. The Labute approximate surface area is 171 Å². The van der Waals surface area contributed by atoms with Crippen molar-refractivity contribution >= 4 is 46.7 Å². The maximum atomic E-state index is 13.3. The van der Waals surface area contributed by atoms with Crippen LogP contribution in [-0.2, 0) is 16.0 Å². The van der Waals surface area contributed by atoms with E-state index < -0.39 is 23.4 Å². The molecule has 0 radical (unpaired) electrons. The molecule has 1 aliphatic heterocycles. The van der Waals surface area contributed by atoms with Crippen molar-refractivity contribution in [1.29, 1.82) is 5.26 Å². The van der Waals surface area contributed by atoms with Gasteiger partial charge in [0.05, 0.1) is 17.3 Å². The lowest BCUT2D eigenvalue weighted by Crippen LogP contribution is -2.51. The zero-order valence-electron chi connectivity index (χ0n) is 15.1. The molecule has 0 N–H and O–H groups in total. The van der Waals surface area contributed by atoms with Crippen molar-refractivity contribution in [3.8, 4) is 6.07 Å². The van der Waals surface area contributed by atoms with E-state index >= 15 is 0 Å². The van der Waals surface area contributed by atoms with Crippen LogP contribution in [0, 0.1) is 11.3 Å². The Morgan fingerprint density at radius 1 is 1.11 bits per heavy atom. The lowest BCUT2D eigenvalue weighted by Gasteiger charge is -2.29. The number of anilines is 1. The van der Waals surface area contributed by atoms with Crippen molar-refractivity contribution in [2.24, 2.45) is 0 Å². The average molecular weight is 416 g/mol. The summed E-state index contributed by atoms with van der Waals surface area (Å²) >= 11 is 12.0. The first-order chi connectivity index (χ1) is 13.2. The highest BCUT2D eigenvalue weighted by Crippen LogP contribution is 2.36. The molecule has 0 bridgehead atoms. The Morgan fingerprint density at radius 3 is 2.18 bits per heavy atom. The molecule has 1 unspecified atom stereocenters. The number of amides is 4. The minimum atomic E-state index is -1.42. The minimum absolute atomic E-state index is 0.105. The molecule has 3 rings (SSSR count). The molecule has 28 heavy (non-hydrogen) atoms. The van der Waals surface area contributed by atoms with Gasteiger partial charge in [-0.15, -0.1) is 0 Å². The van der Waals surface area contributed by atoms with Gasteiger partial charge in [-0.2, -0.15) is 5.26 Å². The van der Waals surface area contributed by atoms with Gasteiger partial charge < -0.3 is 0 Å². The van der Waals surface area contributed by atoms with Gasteiger partial charge in [-0.1, -0.05) is 35.3 Å². The summed E-state index contributed by atoms with van der Waals surface area (Å²) in [5, 5.41) is 9.46. The zero-order chi connectivity index (χ0) is 20.6. The van der Waals surface area contributed by atoms with E-state index in [0.29, 0.717) is 11.1 Å². The summed E-state index contributed by atoms with van der Waals surface area (Å²) in [6, 6.07) is 12.2. The summed E-state index contributed by atoms with van der Waals surface area (Å²) in [4.78, 5) is 40.4. The molecule has 1 fully saturated rings. The van der Waals surface area contributed by atoms with Gasteiger partial charge in [-0.25, -0.2) is 14.6 Å².